The van der Waals surface area contributed by atoms with Gasteiger partial charge in [0.05, 0.1) is 9.23 Å². The van der Waals surface area contributed by atoms with E-state index in [2.05, 4.69) is 4.72 Å². The van der Waals surface area contributed by atoms with Gasteiger partial charge >= 0.3 is 0 Å². The SMILES string of the molecule is CC(C)N(C)S(=O)(=O)c1ccc(NS(=O)(=O)c2ccc(Cl)s2)cc1. The minimum Gasteiger partial charge on any atom is -0.279 e. The zero-order valence-electron chi connectivity index (χ0n) is 13.2. The van der Waals surface area contributed by atoms with Crippen molar-refractivity contribution >= 4 is 48.7 Å². The summed E-state index contributed by atoms with van der Waals surface area (Å²) in [6.07, 6.45) is 0. The molecular formula is C14H17ClN2O4S3. The number of thiophene rings is 1. The van der Waals surface area contributed by atoms with E-state index in [1.165, 1.54) is 47.8 Å². The molecule has 0 atom stereocenters. The fraction of sp³-hybridized carbons (Fsp3) is 0.286. The first-order valence-electron chi connectivity index (χ1n) is 6.90. The molecule has 1 aromatic heterocycles. The van der Waals surface area contributed by atoms with Crippen LogP contribution in [-0.4, -0.2) is 34.2 Å². The molecule has 0 bridgehead atoms. The lowest BCUT2D eigenvalue weighted by Crippen LogP contribution is -2.33. The number of halogens is 1. The molecule has 132 valence electrons. The number of sulfonamides is 2. The third-order valence-electron chi connectivity index (χ3n) is 3.32. The van der Waals surface area contributed by atoms with Gasteiger partial charge in [0.1, 0.15) is 4.21 Å². The summed E-state index contributed by atoms with van der Waals surface area (Å²) in [6.45, 7) is 3.54. The van der Waals surface area contributed by atoms with Gasteiger partial charge in [-0.15, -0.1) is 11.3 Å². The maximum atomic E-state index is 12.4. The van der Waals surface area contributed by atoms with Crippen LogP contribution in [-0.2, 0) is 20.0 Å². The summed E-state index contributed by atoms with van der Waals surface area (Å²) in [5.74, 6) is 0. The lowest BCUT2D eigenvalue weighted by Gasteiger charge is -2.21. The van der Waals surface area contributed by atoms with Gasteiger partial charge in [-0.3, -0.25) is 4.72 Å². The first-order valence-corrected chi connectivity index (χ1v) is 11.0. The maximum Gasteiger partial charge on any atom is 0.271 e. The Labute approximate surface area is 151 Å². The molecule has 1 heterocycles. The summed E-state index contributed by atoms with van der Waals surface area (Å²) in [7, 11) is -5.86. The van der Waals surface area contributed by atoms with Crippen molar-refractivity contribution in [2.45, 2.75) is 29.0 Å². The van der Waals surface area contributed by atoms with Gasteiger partial charge < -0.3 is 0 Å². The van der Waals surface area contributed by atoms with E-state index in [-0.39, 0.29) is 20.8 Å². The fourth-order valence-electron chi connectivity index (χ4n) is 1.79. The number of anilines is 1. The van der Waals surface area contributed by atoms with Crippen molar-refractivity contribution in [2.75, 3.05) is 11.8 Å². The predicted octanol–water partition coefficient (Wildman–Crippen LogP) is 3.23. The largest absolute Gasteiger partial charge is 0.279 e. The smallest absolute Gasteiger partial charge is 0.271 e. The van der Waals surface area contributed by atoms with E-state index < -0.39 is 20.0 Å². The molecule has 0 spiro atoms. The number of nitrogens with zero attached hydrogens (tertiary/aromatic N) is 1. The van der Waals surface area contributed by atoms with E-state index >= 15 is 0 Å². The van der Waals surface area contributed by atoms with Crippen molar-refractivity contribution in [2.24, 2.45) is 0 Å². The van der Waals surface area contributed by atoms with E-state index in [0.717, 1.165) is 11.3 Å². The highest BCUT2D eigenvalue weighted by atomic mass is 35.5. The Balaban J connectivity index is 2.24. The van der Waals surface area contributed by atoms with Crippen molar-refractivity contribution in [3.8, 4) is 0 Å². The summed E-state index contributed by atoms with van der Waals surface area (Å²) < 4.78 is 53.3. The Hall–Kier alpha value is -1.13. The van der Waals surface area contributed by atoms with Gasteiger partial charge in [-0.1, -0.05) is 11.6 Å². The van der Waals surface area contributed by atoms with Gasteiger partial charge in [-0.2, -0.15) is 4.31 Å². The summed E-state index contributed by atoms with van der Waals surface area (Å²) in [6, 6.07) is 8.28. The maximum absolute atomic E-state index is 12.4. The Kier molecular flexibility index (Phi) is 5.61. The van der Waals surface area contributed by atoms with Crippen molar-refractivity contribution in [3.05, 3.63) is 40.7 Å². The monoisotopic (exact) mass is 408 g/mol. The van der Waals surface area contributed by atoms with Crippen LogP contribution < -0.4 is 4.72 Å². The highest BCUT2D eigenvalue weighted by Crippen LogP contribution is 2.27. The lowest BCUT2D eigenvalue weighted by molar-refractivity contribution is 0.410. The fourth-order valence-corrected chi connectivity index (χ4v) is 5.70. The summed E-state index contributed by atoms with van der Waals surface area (Å²) in [5.41, 5.74) is 0.269. The second kappa shape index (κ2) is 7.01. The molecule has 0 aliphatic carbocycles. The molecule has 24 heavy (non-hydrogen) atoms. The number of hydrogen-bond donors (Lipinski definition) is 1. The van der Waals surface area contributed by atoms with E-state index in [9.17, 15) is 16.8 Å². The Morgan fingerprint density at radius 3 is 2.08 bits per heavy atom. The molecule has 0 saturated carbocycles. The van der Waals surface area contributed by atoms with Gasteiger partial charge in [0, 0.05) is 18.8 Å². The predicted molar refractivity (Wildman–Crippen MR) is 96.7 cm³/mol. The summed E-state index contributed by atoms with van der Waals surface area (Å²) in [5, 5.41) is 0. The van der Waals surface area contributed by atoms with Crippen LogP contribution in [0, 0.1) is 0 Å². The summed E-state index contributed by atoms with van der Waals surface area (Å²) in [4.78, 5) is 0.0980. The first-order chi connectivity index (χ1) is 11.0. The molecule has 0 aliphatic rings. The molecule has 2 rings (SSSR count). The molecule has 10 heteroatoms. The second-order valence-electron chi connectivity index (χ2n) is 5.30. The molecular weight excluding hydrogens is 392 g/mol. The van der Waals surface area contributed by atoms with Crippen LogP contribution in [0.4, 0.5) is 5.69 Å². The van der Waals surface area contributed by atoms with Crippen LogP contribution in [0.25, 0.3) is 0 Å². The molecule has 1 N–H and O–H groups in total. The Morgan fingerprint density at radius 2 is 1.62 bits per heavy atom. The van der Waals surface area contributed by atoms with Crippen LogP contribution in [0.2, 0.25) is 4.34 Å². The number of benzene rings is 1. The minimum atomic E-state index is -3.75. The molecule has 1 aromatic carbocycles. The highest BCUT2D eigenvalue weighted by Gasteiger charge is 2.23. The van der Waals surface area contributed by atoms with Crippen molar-refractivity contribution in [3.63, 3.8) is 0 Å². The van der Waals surface area contributed by atoms with Crippen LogP contribution in [0.3, 0.4) is 0 Å². The van der Waals surface area contributed by atoms with Crippen LogP contribution >= 0.6 is 22.9 Å². The normalized spacial score (nSPS) is 12.8. The van der Waals surface area contributed by atoms with E-state index in [4.69, 9.17) is 11.6 Å². The van der Waals surface area contributed by atoms with Crippen LogP contribution in [0.1, 0.15) is 13.8 Å². The quantitative estimate of drug-likeness (QED) is 0.795. The highest BCUT2D eigenvalue weighted by molar-refractivity contribution is 7.94. The minimum absolute atomic E-state index is 0.0868. The van der Waals surface area contributed by atoms with Crippen LogP contribution in [0.15, 0.2) is 45.5 Å². The zero-order chi connectivity index (χ0) is 18.1. The molecule has 0 radical (unpaired) electrons. The average molecular weight is 409 g/mol. The van der Waals surface area contributed by atoms with E-state index in [0.29, 0.717) is 4.34 Å². The van der Waals surface area contributed by atoms with Gasteiger partial charge in [0.25, 0.3) is 10.0 Å². The van der Waals surface area contributed by atoms with E-state index in [1.54, 1.807) is 13.8 Å². The first kappa shape index (κ1) is 19.2. The molecule has 0 amide bonds. The average Bonchev–Trinajstić information content (AvgIpc) is 2.94. The second-order valence-corrected chi connectivity index (χ2v) is 10.9. The standard InChI is InChI=1S/C14H17ClN2O4S3/c1-10(2)17(3)24(20,21)12-6-4-11(5-7-12)16-23(18,19)14-9-8-13(15)22-14/h4-10,16H,1-3H3. The molecule has 0 unspecified atom stereocenters. The van der Waals surface area contributed by atoms with Crippen molar-refractivity contribution < 1.29 is 16.8 Å². The van der Waals surface area contributed by atoms with Gasteiger partial charge in [0.15, 0.2) is 0 Å². The lowest BCUT2D eigenvalue weighted by atomic mass is 10.3. The van der Waals surface area contributed by atoms with Gasteiger partial charge in [-0.25, -0.2) is 16.8 Å². The molecule has 6 nitrogen and oxygen atoms in total. The molecule has 0 aliphatic heterocycles. The van der Waals surface area contributed by atoms with Gasteiger partial charge in [-0.05, 0) is 50.2 Å². The molecule has 0 saturated heterocycles. The van der Waals surface area contributed by atoms with Crippen molar-refractivity contribution in [1.29, 1.82) is 0 Å². The third kappa shape index (κ3) is 4.09. The topological polar surface area (TPSA) is 83.6 Å². The Bertz CT molecular complexity index is 919. The van der Waals surface area contributed by atoms with Crippen molar-refractivity contribution in [1.82, 2.24) is 4.31 Å². The number of hydrogen-bond acceptors (Lipinski definition) is 5. The Morgan fingerprint density at radius 1 is 1.04 bits per heavy atom. The summed E-state index contributed by atoms with van der Waals surface area (Å²) >= 11 is 6.69. The molecule has 0 fully saturated rings. The zero-order valence-corrected chi connectivity index (χ0v) is 16.4. The third-order valence-corrected chi connectivity index (χ3v) is 8.48. The van der Waals surface area contributed by atoms with E-state index in [1.807, 2.05) is 0 Å². The number of rotatable bonds is 6. The molecule has 2 aromatic rings. The van der Waals surface area contributed by atoms with Gasteiger partial charge in [0.2, 0.25) is 10.0 Å². The van der Waals surface area contributed by atoms with Crippen LogP contribution in [0.5, 0.6) is 0 Å². The number of nitrogens with one attached hydrogen (secondary N) is 1.